The summed E-state index contributed by atoms with van der Waals surface area (Å²) in [5, 5.41) is 0.633. The molecule has 1 fully saturated rings. The number of benzene rings is 1. The van der Waals surface area contributed by atoms with Crippen LogP contribution >= 0.6 is 11.6 Å². The summed E-state index contributed by atoms with van der Waals surface area (Å²) in [5.74, 6) is 0.702. The van der Waals surface area contributed by atoms with Gasteiger partial charge in [-0.1, -0.05) is 11.6 Å². The fraction of sp³-hybridized carbons (Fsp3) is 0.500. The molecule has 1 aliphatic rings. The summed E-state index contributed by atoms with van der Waals surface area (Å²) in [6, 6.07) is 5.78. The van der Waals surface area contributed by atoms with Gasteiger partial charge >= 0.3 is 0 Å². The maximum absolute atomic E-state index is 6.08. The molecule has 1 aromatic rings. The Labute approximate surface area is 101 Å². The second-order valence-electron chi connectivity index (χ2n) is 4.54. The van der Waals surface area contributed by atoms with Crippen LogP contribution in [-0.4, -0.2) is 26.2 Å². The number of anilines is 1. The van der Waals surface area contributed by atoms with Gasteiger partial charge in [-0.3, -0.25) is 0 Å². The molecule has 16 heavy (non-hydrogen) atoms. The van der Waals surface area contributed by atoms with E-state index in [9.17, 15) is 0 Å². The third-order valence-electron chi connectivity index (χ3n) is 3.02. The number of rotatable bonds is 4. The second-order valence-corrected chi connectivity index (χ2v) is 4.94. The minimum Gasteiger partial charge on any atom is -0.495 e. The van der Waals surface area contributed by atoms with Crippen LogP contribution in [0, 0.1) is 0 Å². The van der Waals surface area contributed by atoms with Gasteiger partial charge in [0.2, 0.25) is 0 Å². The van der Waals surface area contributed by atoms with Crippen molar-refractivity contribution >= 4 is 17.3 Å². The monoisotopic (exact) mass is 240 g/mol. The van der Waals surface area contributed by atoms with E-state index in [1.54, 1.807) is 7.11 Å². The average Bonchev–Trinajstić information content (AvgIpc) is 2.95. The van der Waals surface area contributed by atoms with Crippen molar-refractivity contribution in [3.05, 3.63) is 23.2 Å². The number of nitrogens with zero attached hydrogens (tertiary/aromatic N) is 1. The van der Waals surface area contributed by atoms with Gasteiger partial charge < -0.3 is 15.4 Å². The van der Waals surface area contributed by atoms with Gasteiger partial charge in [0.05, 0.1) is 12.1 Å². The molecule has 2 rings (SSSR count). The lowest BCUT2D eigenvalue weighted by Crippen LogP contribution is -2.37. The standard InChI is InChI=1S/C12H17ClN2O/c1-15(8-12(14)5-6-12)9-3-4-11(16-2)10(13)7-9/h3-4,7H,5-6,8,14H2,1-2H3. The molecule has 1 saturated carbocycles. The normalized spacial score (nSPS) is 17.0. The summed E-state index contributed by atoms with van der Waals surface area (Å²) in [5.41, 5.74) is 7.17. The van der Waals surface area contributed by atoms with Gasteiger partial charge in [-0.15, -0.1) is 0 Å². The van der Waals surface area contributed by atoms with Crippen LogP contribution in [0.2, 0.25) is 5.02 Å². The van der Waals surface area contributed by atoms with Gasteiger partial charge in [0.25, 0.3) is 0 Å². The molecule has 0 saturated heterocycles. The van der Waals surface area contributed by atoms with E-state index in [2.05, 4.69) is 4.90 Å². The number of hydrogen-bond acceptors (Lipinski definition) is 3. The minimum absolute atomic E-state index is 0.0150. The number of nitrogens with two attached hydrogens (primary N) is 1. The predicted octanol–water partition coefficient (Wildman–Crippen LogP) is 2.28. The Hall–Kier alpha value is -0.930. The van der Waals surface area contributed by atoms with Gasteiger partial charge in [-0.2, -0.15) is 0 Å². The molecular formula is C12H17ClN2O. The molecule has 2 N–H and O–H groups in total. The van der Waals surface area contributed by atoms with Gasteiger partial charge in [0, 0.05) is 24.8 Å². The Morgan fingerprint density at radius 2 is 2.19 bits per heavy atom. The Morgan fingerprint density at radius 1 is 1.50 bits per heavy atom. The van der Waals surface area contributed by atoms with Gasteiger partial charge in [-0.25, -0.2) is 0 Å². The first-order valence-electron chi connectivity index (χ1n) is 5.38. The maximum atomic E-state index is 6.08. The lowest BCUT2D eigenvalue weighted by Gasteiger charge is -2.23. The summed E-state index contributed by atoms with van der Waals surface area (Å²) in [6.45, 7) is 0.871. The summed E-state index contributed by atoms with van der Waals surface area (Å²) in [7, 11) is 3.65. The van der Waals surface area contributed by atoms with E-state index in [1.807, 2.05) is 25.2 Å². The van der Waals surface area contributed by atoms with Crippen LogP contribution in [0.15, 0.2) is 18.2 Å². The van der Waals surface area contributed by atoms with Crippen LogP contribution in [0.5, 0.6) is 5.75 Å². The van der Waals surface area contributed by atoms with E-state index < -0.39 is 0 Å². The number of hydrogen-bond donors (Lipinski definition) is 1. The van der Waals surface area contributed by atoms with Gasteiger partial charge in [0.1, 0.15) is 5.75 Å². The number of methoxy groups -OCH3 is 1. The quantitative estimate of drug-likeness (QED) is 0.878. The molecule has 0 aliphatic heterocycles. The molecule has 0 heterocycles. The molecule has 4 heteroatoms. The third-order valence-corrected chi connectivity index (χ3v) is 3.32. The number of likely N-dealkylation sites (N-methyl/N-ethyl adjacent to an activating group) is 1. The lowest BCUT2D eigenvalue weighted by molar-refractivity contribution is 0.415. The van der Waals surface area contributed by atoms with Gasteiger partial charge in [0.15, 0.2) is 0 Å². The van der Waals surface area contributed by atoms with E-state index in [0.29, 0.717) is 10.8 Å². The Balaban J connectivity index is 2.11. The fourth-order valence-electron chi connectivity index (χ4n) is 1.78. The van der Waals surface area contributed by atoms with Crippen molar-refractivity contribution in [3.63, 3.8) is 0 Å². The van der Waals surface area contributed by atoms with Crippen LogP contribution in [0.25, 0.3) is 0 Å². The van der Waals surface area contributed by atoms with Crippen molar-refractivity contribution < 1.29 is 4.74 Å². The summed E-state index contributed by atoms with van der Waals surface area (Å²) in [4.78, 5) is 2.14. The zero-order valence-corrected chi connectivity index (χ0v) is 10.4. The number of ether oxygens (including phenoxy) is 1. The molecule has 0 bridgehead atoms. The molecule has 0 radical (unpaired) electrons. The first-order valence-corrected chi connectivity index (χ1v) is 5.75. The average molecular weight is 241 g/mol. The molecule has 3 nitrogen and oxygen atoms in total. The molecule has 0 amide bonds. The summed E-state index contributed by atoms with van der Waals surface area (Å²) >= 11 is 6.08. The van der Waals surface area contributed by atoms with E-state index in [0.717, 1.165) is 25.1 Å². The lowest BCUT2D eigenvalue weighted by atomic mass is 10.2. The highest BCUT2D eigenvalue weighted by Crippen LogP contribution is 2.35. The molecular weight excluding hydrogens is 224 g/mol. The fourth-order valence-corrected chi connectivity index (χ4v) is 2.03. The van der Waals surface area contributed by atoms with E-state index in [1.165, 1.54) is 0 Å². The molecule has 0 atom stereocenters. The van der Waals surface area contributed by atoms with Crippen molar-refractivity contribution in [1.29, 1.82) is 0 Å². The molecule has 0 aromatic heterocycles. The topological polar surface area (TPSA) is 38.5 Å². The van der Waals surface area contributed by atoms with E-state index >= 15 is 0 Å². The highest BCUT2D eigenvalue weighted by atomic mass is 35.5. The minimum atomic E-state index is 0.0150. The van der Waals surface area contributed by atoms with Gasteiger partial charge in [-0.05, 0) is 31.0 Å². The molecule has 1 aliphatic carbocycles. The zero-order chi connectivity index (χ0) is 11.8. The maximum Gasteiger partial charge on any atom is 0.137 e. The Kier molecular flexibility index (Phi) is 3.00. The first-order chi connectivity index (χ1) is 7.54. The smallest absolute Gasteiger partial charge is 0.137 e. The highest BCUT2D eigenvalue weighted by Gasteiger charge is 2.39. The van der Waals surface area contributed by atoms with Crippen LogP contribution in [0.3, 0.4) is 0 Å². The van der Waals surface area contributed by atoms with Crippen LogP contribution in [0.4, 0.5) is 5.69 Å². The SMILES string of the molecule is COc1ccc(N(C)CC2(N)CC2)cc1Cl. The highest BCUT2D eigenvalue weighted by molar-refractivity contribution is 6.32. The molecule has 0 unspecified atom stereocenters. The predicted molar refractivity (Wildman–Crippen MR) is 67.4 cm³/mol. The number of halogens is 1. The van der Waals surface area contributed by atoms with Crippen molar-refractivity contribution in [2.75, 3.05) is 25.6 Å². The van der Waals surface area contributed by atoms with Crippen molar-refractivity contribution in [3.8, 4) is 5.75 Å². The molecule has 0 spiro atoms. The Bertz CT molecular complexity index is 391. The van der Waals surface area contributed by atoms with Crippen molar-refractivity contribution in [2.45, 2.75) is 18.4 Å². The largest absolute Gasteiger partial charge is 0.495 e. The molecule has 1 aromatic carbocycles. The summed E-state index contributed by atoms with van der Waals surface area (Å²) < 4.78 is 5.12. The van der Waals surface area contributed by atoms with Crippen LogP contribution in [-0.2, 0) is 0 Å². The Morgan fingerprint density at radius 3 is 2.69 bits per heavy atom. The van der Waals surface area contributed by atoms with Crippen LogP contribution < -0.4 is 15.4 Å². The zero-order valence-electron chi connectivity index (χ0n) is 9.66. The van der Waals surface area contributed by atoms with Crippen molar-refractivity contribution in [1.82, 2.24) is 0 Å². The third kappa shape index (κ3) is 2.42. The second kappa shape index (κ2) is 4.15. The summed E-state index contributed by atoms with van der Waals surface area (Å²) in [6.07, 6.45) is 2.22. The van der Waals surface area contributed by atoms with E-state index in [4.69, 9.17) is 22.1 Å². The van der Waals surface area contributed by atoms with E-state index in [-0.39, 0.29) is 5.54 Å². The van der Waals surface area contributed by atoms with Crippen LogP contribution in [0.1, 0.15) is 12.8 Å². The first kappa shape index (κ1) is 11.6. The molecule has 88 valence electrons. The van der Waals surface area contributed by atoms with Crippen molar-refractivity contribution in [2.24, 2.45) is 5.73 Å².